The minimum Gasteiger partial charge on any atom is -0.462 e. The molecular formula is C13H22O5. The molecule has 1 aliphatic rings. The molecule has 104 valence electrons. The zero-order valence-electron chi connectivity index (χ0n) is 10.9. The first-order chi connectivity index (χ1) is 8.77. The molecule has 1 saturated heterocycles. The van der Waals surface area contributed by atoms with Crippen LogP contribution in [-0.4, -0.2) is 51.7 Å². The highest BCUT2D eigenvalue weighted by atomic mass is 16.6. The molecule has 1 rings (SSSR count). The van der Waals surface area contributed by atoms with Gasteiger partial charge in [-0.05, 0) is 12.8 Å². The first kappa shape index (κ1) is 15.1. The first-order valence-electron chi connectivity index (χ1n) is 6.29. The lowest BCUT2D eigenvalue weighted by Crippen LogP contribution is -2.33. The van der Waals surface area contributed by atoms with Crippen LogP contribution in [0, 0.1) is 0 Å². The third-order valence-corrected chi connectivity index (χ3v) is 2.74. The molecule has 0 aromatic carbocycles. The fourth-order valence-corrected chi connectivity index (χ4v) is 1.85. The molecule has 0 spiro atoms. The van der Waals surface area contributed by atoms with Crippen molar-refractivity contribution in [2.24, 2.45) is 0 Å². The molecule has 0 bridgehead atoms. The summed E-state index contributed by atoms with van der Waals surface area (Å²) in [6.45, 7) is 5.52. The van der Waals surface area contributed by atoms with Crippen LogP contribution < -0.4 is 0 Å². The van der Waals surface area contributed by atoms with Gasteiger partial charge in [0.25, 0.3) is 0 Å². The van der Waals surface area contributed by atoms with E-state index in [0.717, 1.165) is 25.5 Å². The summed E-state index contributed by atoms with van der Waals surface area (Å²) in [5, 5.41) is 0. The number of carbonyl (C=O) groups is 1. The van der Waals surface area contributed by atoms with Gasteiger partial charge in [-0.2, -0.15) is 0 Å². The molecule has 0 aromatic rings. The Kier molecular flexibility index (Phi) is 7.64. The van der Waals surface area contributed by atoms with Gasteiger partial charge in [-0.25, -0.2) is 4.79 Å². The van der Waals surface area contributed by atoms with Crippen molar-refractivity contribution in [1.82, 2.24) is 0 Å². The number of esters is 1. The number of hydrogen-bond donors (Lipinski definition) is 0. The molecule has 2 atom stereocenters. The lowest BCUT2D eigenvalue weighted by Gasteiger charge is -2.22. The quantitative estimate of drug-likeness (QED) is 0.354. The smallest absolute Gasteiger partial charge is 0.330 e. The van der Waals surface area contributed by atoms with Crippen LogP contribution in [0.1, 0.15) is 19.3 Å². The molecule has 0 saturated carbocycles. The fraction of sp³-hybridized carbons (Fsp3) is 0.769. The van der Waals surface area contributed by atoms with Gasteiger partial charge in [0.05, 0.1) is 25.9 Å². The van der Waals surface area contributed by atoms with Crippen LogP contribution in [-0.2, 0) is 23.7 Å². The average molecular weight is 258 g/mol. The van der Waals surface area contributed by atoms with E-state index in [1.54, 1.807) is 7.11 Å². The van der Waals surface area contributed by atoms with E-state index in [1.807, 2.05) is 0 Å². The normalized spacial score (nSPS) is 20.6. The summed E-state index contributed by atoms with van der Waals surface area (Å²) in [5.41, 5.74) is 0. The summed E-state index contributed by atoms with van der Waals surface area (Å²) in [6, 6.07) is 0. The highest BCUT2D eigenvalue weighted by Crippen LogP contribution is 2.18. The van der Waals surface area contributed by atoms with Gasteiger partial charge in [0.2, 0.25) is 0 Å². The monoisotopic (exact) mass is 258 g/mol. The molecule has 1 heterocycles. The zero-order chi connectivity index (χ0) is 13.2. The summed E-state index contributed by atoms with van der Waals surface area (Å²) in [4.78, 5) is 10.8. The van der Waals surface area contributed by atoms with Gasteiger partial charge >= 0.3 is 5.97 Å². The van der Waals surface area contributed by atoms with Gasteiger partial charge in [0, 0.05) is 26.2 Å². The average Bonchev–Trinajstić information content (AvgIpc) is 2.90. The Balaban J connectivity index is 2.13. The van der Waals surface area contributed by atoms with Crippen LogP contribution in [0.3, 0.4) is 0 Å². The van der Waals surface area contributed by atoms with E-state index in [4.69, 9.17) is 18.9 Å². The van der Waals surface area contributed by atoms with Gasteiger partial charge in [0.1, 0.15) is 6.10 Å². The zero-order valence-corrected chi connectivity index (χ0v) is 10.9. The van der Waals surface area contributed by atoms with Crippen LogP contribution in [0.15, 0.2) is 12.7 Å². The number of ether oxygens (including phenoxy) is 4. The molecule has 0 aliphatic carbocycles. The molecule has 1 fully saturated rings. The molecule has 2 unspecified atom stereocenters. The summed E-state index contributed by atoms with van der Waals surface area (Å²) >= 11 is 0. The van der Waals surface area contributed by atoms with E-state index in [-0.39, 0.29) is 12.2 Å². The predicted molar refractivity (Wildman–Crippen MR) is 66.4 cm³/mol. The number of hydrogen-bond acceptors (Lipinski definition) is 5. The summed E-state index contributed by atoms with van der Waals surface area (Å²) in [7, 11) is 1.65. The molecular weight excluding hydrogens is 236 g/mol. The van der Waals surface area contributed by atoms with Crippen molar-refractivity contribution in [2.75, 3.05) is 33.5 Å². The number of rotatable bonds is 9. The molecule has 5 nitrogen and oxygen atoms in total. The van der Waals surface area contributed by atoms with Crippen molar-refractivity contribution in [3.05, 3.63) is 12.7 Å². The van der Waals surface area contributed by atoms with E-state index in [9.17, 15) is 4.79 Å². The first-order valence-corrected chi connectivity index (χ1v) is 6.29. The van der Waals surface area contributed by atoms with Crippen molar-refractivity contribution in [3.63, 3.8) is 0 Å². The van der Waals surface area contributed by atoms with E-state index >= 15 is 0 Å². The van der Waals surface area contributed by atoms with E-state index in [1.165, 1.54) is 0 Å². The molecule has 0 radical (unpaired) electrons. The highest BCUT2D eigenvalue weighted by Gasteiger charge is 2.26. The van der Waals surface area contributed by atoms with E-state index < -0.39 is 5.97 Å². The van der Waals surface area contributed by atoms with E-state index in [2.05, 4.69) is 6.58 Å². The van der Waals surface area contributed by atoms with Crippen molar-refractivity contribution < 1.29 is 23.7 Å². The SMILES string of the molecule is C=CC(=O)OCCCOC(COC)C1CCCO1. The molecule has 0 N–H and O–H groups in total. The minimum absolute atomic E-state index is 0.0346. The second kappa shape index (κ2) is 9.08. The maximum atomic E-state index is 10.8. The summed E-state index contributed by atoms with van der Waals surface area (Å²) in [5.74, 6) is -0.400. The minimum atomic E-state index is -0.400. The maximum absolute atomic E-state index is 10.8. The molecule has 0 amide bonds. The Morgan fingerprint density at radius 1 is 1.56 bits per heavy atom. The Morgan fingerprint density at radius 3 is 3.00 bits per heavy atom. The van der Waals surface area contributed by atoms with Gasteiger partial charge in [-0.1, -0.05) is 6.58 Å². The molecule has 1 aliphatic heterocycles. The maximum Gasteiger partial charge on any atom is 0.330 e. The van der Waals surface area contributed by atoms with Crippen LogP contribution in [0.25, 0.3) is 0 Å². The largest absolute Gasteiger partial charge is 0.462 e. The lowest BCUT2D eigenvalue weighted by molar-refractivity contribution is -0.138. The second-order valence-electron chi connectivity index (χ2n) is 4.14. The number of methoxy groups -OCH3 is 1. The molecule has 0 aromatic heterocycles. The predicted octanol–water partition coefficient (Wildman–Crippen LogP) is 1.32. The van der Waals surface area contributed by atoms with E-state index in [0.29, 0.717) is 26.2 Å². The van der Waals surface area contributed by atoms with Crippen molar-refractivity contribution >= 4 is 5.97 Å². The van der Waals surface area contributed by atoms with Crippen LogP contribution in [0.4, 0.5) is 0 Å². The Hall–Kier alpha value is -0.910. The Labute approximate surface area is 108 Å². The van der Waals surface area contributed by atoms with Crippen LogP contribution in [0.5, 0.6) is 0 Å². The number of carbonyl (C=O) groups excluding carboxylic acids is 1. The van der Waals surface area contributed by atoms with Crippen molar-refractivity contribution in [1.29, 1.82) is 0 Å². The third-order valence-electron chi connectivity index (χ3n) is 2.74. The fourth-order valence-electron chi connectivity index (χ4n) is 1.85. The van der Waals surface area contributed by atoms with Crippen LogP contribution in [0.2, 0.25) is 0 Å². The standard InChI is InChI=1S/C13H22O5/c1-3-13(14)18-9-5-8-17-12(10-15-2)11-6-4-7-16-11/h3,11-12H,1,4-10H2,2H3. The van der Waals surface area contributed by atoms with Crippen LogP contribution >= 0.6 is 0 Å². The Morgan fingerprint density at radius 2 is 2.39 bits per heavy atom. The molecule has 5 heteroatoms. The van der Waals surface area contributed by atoms with Gasteiger partial charge in [-0.15, -0.1) is 0 Å². The summed E-state index contributed by atoms with van der Waals surface area (Å²) in [6.07, 6.45) is 3.99. The van der Waals surface area contributed by atoms with Crippen molar-refractivity contribution in [3.8, 4) is 0 Å². The van der Waals surface area contributed by atoms with Gasteiger partial charge in [0.15, 0.2) is 0 Å². The van der Waals surface area contributed by atoms with Crippen molar-refractivity contribution in [2.45, 2.75) is 31.5 Å². The van der Waals surface area contributed by atoms with Gasteiger partial charge < -0.3 is 18.9 Å². The second-order valence-corrected chi connectivity index (χ2v) is 4.14. The molecule has 18 heavy (non-hydrogen) atoms. The van der Waals surface area contributed by atoms with Gasteiger partial charge in [-0.3, -0.25) is 0 Å². The highest BCUT2D eigenvalue weighted by molar-refractivity contribution is 5.81. The lowest BCUT2D eigenvalue weighted by atomic mass is 10.1. The third kappa shape index (κ3) is 5.62. The Bertz CT molecular complexity index is 248. The summed E-state index contributed by atoms with van der Waals surface area (Å²) < 4.78 is 21.3. The topological polar surface area (TPSA) is 54.0 Å².